The zero-order valence-corrected chi connectivity index (χ0v) is 11.4. The molecule has 0 spiro atoms. The quantitative estimate of drug-likeness (QED) is 0.763. The number of nitrogens with two attached hydrogens (primary N) is 1. The molecule has 4 nitrogen and oxygen atoms in total. The number of ether oxygens (including phenoxy) is 2. The molecule has 16 heavy (non-hydrogen) atoms. The number of methoxy groups -OCH3 is 1. The topological polar surface area (TPSA) is 47.7 Å². The van der Waals surface area contributed by atoms with Crippen LogP contribution < -0.4 is 5.73 Å². The smallest absolute Gasteiger partial charge is 0.0622 e. The monoisotopic (exact) mass is 252 g/mol. The lowest BCUT2D eigenvalue weighted by Gasteiger charge is -2.33. The molecule has 0 radical (unpaired) electrons. The minimum Gasteiger partial charge on any atom is -0.383 e. The molecule has 0 aliphatic carbocycles. The zero-order valence-electron chi connectivity index (χ0n) is 10.6. The van der Waals surface area contributed by atoms with Crippen LogP contribution in [0, 0.1) is 0 Å². The van der Waals surface area contributed by atoms with Crippen LogP contribution in [-0.4, -0.2) is 56.5 Å². The standard InChI is InChI=1S/C11H24N2O2.ClH/c1-11(2,12)9-13(5-7-14-3)10-4-6-15-8-10;/h10H,4-9,12H2,1-3H3;1H. The van der Waals surface area contributed by atoms with E-state index in [1.807, 2.05) is 0 Å². The highest BCUT2D eigenvalue weighted by Crippen LogP contribution is 2.14. The molecule has 1 unspecified atom stereocenters. The lowest BCUT2D eigenvalue weighted by atomic mass is 10.0. The molecular formula is C11H25ClN2O2. The fourth-order valence-electron chi connectivity index (χ4n) is 1.93. The third kappa shape index (κ3) is 6.01. The van der Waals surface area contributed by atoms with Gasteiger partial charge in [0.05, 0.1) is 13.2 Å². The van der Waals surface area contributed by atoms with Crippen LogP contribution in [0.1, 0.15) is 20.3 Å². The fraction of sp³-hybridized carbons (Fsp3) is 1.00. The number of hydrogen-bond donors (Lipinski definition) is 1. The number of nitrogens with zero attached hydrogens (tertiary/aromatic N) is 1. The van der Waals surface area contributed by atoms with E-state index in [9.17, 15) is 0 Å². The first kappa shape index (κ1) is 16.1. The molecule has 0 aromatic heterocycles. The van der Waals surface area contributed by atoms with Gasteiger partial charge in [-0.3, -0.25) is 4.90 Å². The minimum atomic E-state index is -0.156. The molecule has 0 amide bonds. The lowest BCUT2D eigenvalue weighted by molar-refractivity contribution is 0.0923. The van der Waals surface area contributed by atoms with Crippen molar-refractivity contribution in [3.8, 4) is 0 Å². The van der Waals surface area contributed by atoms with Crippen molar-refractivity contribution in [3.63, 3.8) is 0 Å². The van der Waals surface area contributed by atoms with Crippen molar-refractivity contribution in [2.24, 2.45) is 5.73 Å². The zero-order chi connectivity index (χ0) is 11.3. The molecule has 1 atom stereocenters. The second-order valence-corrected chi connectivity index (χ2v) is 4.97. The van der Waals surface area contributed by atoms with E-state index >= 15 is 0 Å². The van der Waals surface area contributed by atoms with E-state index in [2.05, 4.69) is 18.7 Å². The third-order valence-electron chi connectivity index (χ3n) is 2.62. The Bertz CT molecular complexity index is 179. The van der Waals surface area contributed by atoms with E-state index in [0.29, 0.717) is 6.04 Å². The van der Waals surface area contributed by atoms with E-state index in [4.69, 9.17) is 15.2 Å². The van der Waals surface area contributed by atoms with Gasteiger partial charge in [0.2, 0.25) is 0 Å². The Labute approximate surface area is 105 Å². The van der Waals surface area contributed by atoms with E-state index < -0.39 is 0 Å². The summed E-state index contributed by atoms with van der Waals surface area (Å²) in [6, 6.07) is 0.517. The highest BCUT2D eigenvalue weighted by Gasteiger charge is 2.26. The molecule has 0 aromatic rings. The minimum absolute atomic E-state index is 0. The summed E-state index contributed by atoms with van der Waals surface area (Å²) in [5.41, 5.74) is 5.90. The van der Waals surface area contributed by atoms with Gasteiger partial charge < -0.3 is 15.2 Å². The number of halogens is 1. The predicted molar refractivity (Wildman–Crippen MR) is 68.2 cm³/mol. The van der Waals surface area contributed by atoms with Crippen molar-refractivity contribution in [1.29, 1.82) is 0 Å². The van der Waals surface area contributed by atoms with Crippen molar-refractivity contribution < 1.29 is 9.47 Å². The van der Waals surface area contributed by atoms with Crippen LogP contribution in [-0.2, 0) is 9.47 Å². The van der Waals surface area contributed by atoms with Gasteiger partial charge in [0.25, 0.3) is 0 Å². The summed E-state index contributed by atoms with van der Waals surface area (Å²) in [6.07, 6.45) is 1.11. The Morgan fingerprint density at radius 2 is 2.19 bits per heavy atom. The largest absolute Gasteiger partial charge is 0.383 e. The molecule has 0 saturated carbocycles. The normalized spacial score (nSPS) is 21.2. The Hall–Kier alpha value is 0.130. The van der Waals surface area contributed by atoms with Gasteiger partial charge in [-0.25, -0.2) is 0 Å². The fourth-order valence-corrected chi connectivity index (χ4v) is 1.93. The van der Waals surface area contributed by atoms with Gasteiger partial charge in [0.1, 0.15) is 0 Å². The van der Waals surface area contributed by atoms with E-state index in [0.717, 1.165) is 39.3 Å². The molecule has 1 heterocycles. The maximum absolute atomic E-state index is 6.05. The van der Waals surface area contributed by atoms with Crippen LogP contribution in [0.15, 0.2) is 0 Å². The van der Waals surface area contributed by atoms with Crippen molar-refractivity contribution >= 4 is 12.4 Å². The molecule has 1 saturated heterocycles. The van der Waals surface area contributed by atoms with Gasteiger partial charge in [-0.1, -0.05) is 0 Å². The van der Waals surface area contributed by atoms with E-state index in [1.54, 1.807) is 7.11 Å². The summed E-state index contributed by atoms with van der Waals surface area (Å²) >= 11 is 0. The van der Waals surface area contributed by atoms with E-state index in [-0.39, 0.29) is 17.9 Å². The maximum Gasteiger partial charge on any atom is 0.0622 e. The Kier molecular flexibility index (Phi) is 7.52. The van der Waals surface area contributed by atoms with Crippen molar-refractivity contribution in [2.75, 3.05) is 40.0 Å². The Balaban J connectivity index is 0.00000225. The second kappa shape index (κ2) is 7.45. The number of hydrogen-bond acceptors (Lipinski definition) is 4. The molecule has 0 bridgehead atoms. The van der Waals surface area contributed by atoms with Gasteiger partial charge in [0.15, 0.2) is 0 Å². The first-order chi connectivity index (χ1) is 7.03. The van der Waals surface area contributed by atoms with Crippen LogP contribution in [0.2, 0.25) is 0 Å². The van der Waals surface area contributed by atoms with Crippen LogP contribution in [0.25, 0.3) is 0 Å². The Morgan fingerprint density at radius 3 is 2.62 bits per heavy atom. The van der Waals surface area contributed by atoms with Crippen LogP contribution in [0.5, 0.6) is 0 Å². The van der Waals surface area contributed by atoms with Crippen LogP contribution >= 0.6 is 12.4 Å². The van der Waals surface area contributed by atoms with E-state index in [1.165, 1.54) is 0 Å². The van der Waals surface area contributed by atoms with Gasteiger partial charge in [0, 0.05) is 38.4 Å². The number of rotatable bonds is 6. The summed E-state index contributed by atoms with van der Waals surface area (Å²) in [4.78, 5) is 2.39. The second-order valence-electron chi connectivity index (χ2n) is 4.97. The van der Waals surface area contributed by atoms with Crippen LogP contribution in [0.4, 0.5) is 0 Å². The molecule has 1 rings (SSSR count). The summed E-state index contributed by atoms with van der Waals surface area (Å²) in [7, 11) is 1.73. The summed E-state index contributed by atoms with van der Waals surface area (Å²) in [6.45, 7) is 8.41. The SMILES string of the molecule is COCCN(CC(C)(C)N)C1CCOC1.Cl. The Morgan fingerprint density at radius 1 is 1.50 bits per heavy atom. The van der Waals surface area contributed by atoms with Gasteiger partial charge in [-0.2, -0.15) is 0 Å². The van der Waals surface area contributed by atoms with Crippen molar-refractivity contribution in [3.05, 3.63) is 0 Å². The van der Waals surface area contributed by atoms with Gasteiger partial charge >= 0.3 is 0 Å². The first-order valence-electron chi connectivity index (χ1n) is 5.62. The summed E-state index contributed by atoms with van der Waals surface area (Å²) in [5, 5.41) is 0. The van der Waals surface area contributed by atoms with Gasteiger partial charge in [-0.15, -0.1) is 12.4 Å². The molecule has 1 aliphatic heterocycles. The average Bonchev–Trinajstić information content (AvgIpc) is 2.63. The lowest BCUT2D eigenvalue weighted by Crippen LogP contribution is -2.50. The molecular weight excluding hydrogens is 228 g/mol. The predicted octanol–water partition coefficient (Wildman–Crippen LogP) is 0.883. The van der Waals surface area contributed by atoms with Crippen molar-refractivity contribution in [1.82, 2.24) is 4.90 Å². The molecule has 1 fully saturated rings. The highest BCUT2D eigenvalue weighted by atomic mass is 35.5. The summed E-state index contributed by atoms with van der Waals surface area (Å²) in [5.74, 6) is 0. The molecule has 0 aromatic carbocycles. The summed E-state index contributed by atoms with van der Waals surface area (Å²) < 4.78 is 10.5. The van der Waals surface area contributed by atoms with Gasteiger partial charge in [-0.05, 0) is 20.3 Å². The third-order valence-corrected chi connectivity index (χ3v) is 2.62. The first-order valence-corrected chi connectivity index (χ1v) is 5.62. The van der Waals surface area contributed by atoms with Crippen molar-refractivity contribution in [2.45, 2.75) is 31.8 Å². The highest BCUT2D eigenvalue weighted by molar-refractivity contribution is 5.85. The molecule has 5 heteroatoms. The molecule has 98 valence electrons. The molecule has 2 N–H and O–H groups in total. The molecule has 1 aliphatic rings. The maximum atomic E-state index is 6.05. The average molecular weight is 253 g/mol. The van der Waals surface area contributed by atoms with Crippen LogP contribution in [0.3, 0.4) is 0 Å².